The summed E-state index contributed by atoms with van der Waals surface area (Å²) in [7, 11) is 0.0577. The van der Waals surface area contributed by atoms with Crippen molar-refractivity contribution in [2.24, 2.45) is 0 Å². The molecule has 5 rings (SSSR count). The Hall–Kier alpha value is -3.32. The van der Waals surface area contributed by atoms with E-state index in [4.69, 9.17) is 16.3 Å². The van der Waals surface area contributed by atoms with Crippen LogP contribution in [0.3, 0.4) is 0 Å². The highest BCUT2D eigenvalue weighted by Crippen LogP contribution is 2.30. The van der Waals surface area contributed by atoms with Crippen LogP contribution in [0.5, 0.6) is 5.75 Å². The van der Waals surface area contributed by atoms with Crippen LogP contribution in [0.15, 0.2) is 102 Å². The monoisotopic (exact) mass is 504 g/mol. The summed E-state index contributed by atoms with van der Waals surface area (Å²) in [6, 6.07) is 30.6. The molecular formula is C28H25ClN2O3S. The van der Waals surface area contributed by atoms with Crippen LogP contribution in [0.4, 0.5) is 5.69 Å². The molecule has 0 saturated carbocycles. The van der Waals surface area contributed by atoms with E-state index in [-0.39, 0.29) is 6.54 Å². The number of aromatic nitrogens is 1. The number of ether oxygens (including phenoxy) is 1. The number of aliphatic hydroxyl groups excluding tert-OH is 1. The summed E-state index contributed by atoms with van der Waals surface area (Å²) in [4.78, 5) is 0.606. The zero-order valence-electron chi connectivity index (χ0n) is 19.2. The van der Waals surface area contributed by atoms with Gasteiger partial charge in [0.2, 0.25) is 0 Å². The van der Waals surface area contributed by atoms with Gasteiger partial charge >= 0.3 is 0 Å². The minimum Gasteiger partial charge on any atom is -0.497 e. The van der Waals surface area contributed by atoms with Gasteiger partial charge in [-0.25, -0.2) is 4.21 Å². The Morgan fingerprint density at radius 1 is 0.886 bits per heavy atom. The number of anilines is 1. The molecule has 0 aliphatic carbocycles. The highest BCUT2D eigenvalue weighted by atomic mass is 35.5. The molecular weight excluding hydrogens is 480 g/mol. The second-order valence-corrected chi connectivity index (χ2v) is 10.1. The molecule has 1 aromatic heterocycles. The molecule has 4 aromatic carbocycles. The fraction of sp³-hybridized carbons (Fsp3) is 0.143. The number of para-hydroxylation sites is 2. The van der Waals surface area contributed by atoms with E-state index in [9.17, 15) is 9.32 Å². The number of rotatable bonds is 8. The van der Waals surface area contributed by atoms with Crippen LogP contribution in [0, 0.1) is 0 Å². The van der Waals surface area contributed by atoms with Gasteiger partial charge < -0.3 is 14.4 Å². The molecule has 1 heterocycles. The van der Waals surface area contributed by atoms with Crippen molar-refractivity contribution >= 4 is 50.1 Å². The van der Waals surface area contributed by atoms with Crippen LogP contribution < -0.4 is 9.04 Å². The fourth-order valence-corrected chi connectivity index (χ4v) is 5.73. The van der Waals surface area contributed by atoms with Crippen LogP contribution >= 0.6 is 11.6 Å². The van der Waals surface area contributed by atoms with Gasteiger partial charge in [0.1, 0.15) is 5.75 Å². The van der Waals surface area contributed by atoms with E-state index >= 15 is 0 Å². The molecule has 35 heavy (non-hydrogen) atoms. The Labute approximate surface area is 211 Å². The predicted molar refractivity (Wildman–Crippen MR) is 144 cm³/mol. The maximum Gasteiger partial charge on any atom is 0.153 e. The van der Waals surface area contributed by atoms with Crippen molar-refractivity contribution in [2.75, 3.05) is 18.0 Å². The maximum absolute atomic E-state index is 13.6. The fourth-order valence-electron chi connectivity index (χ4n) is 4.36. The van der Waals surface area contributed by atoms with E-state index in [2.05, 4.69) is 28.8 Å². The average Bonchev–Trinajstić information content (AvgIpc) is 3.21. The number of nitrogens with zero attached hydrogens (tertiary/aromatic N) is 2. The Kier molecular flexibility index (Phi) is 6.77. The quantitative estimate of drug-likeness (QED) is 0.280. The molecule has 1 N–H and O–H groups in total. The predicted octanol–water partition coefficient (Wildman–Crippen LogP) is 6.05. The zero-order valence-corrected chi connectivity index (χ0v) is 20.7. The Balaban J connectivity index is 1.48. The third-order valence-electron chi connectivity index (χ3n) is 6.03. The van der Waals surface area contributed by atoms with E-state index in [1.54, 1.807) is 35.7 Å². The lowest BCUT2D eigenvalue weighted by atomic mass is 10.2. The molecule has 0 bridgehead atoms. The topological polar surface area (TPSA) is 54.7 Å². The maximum atomic E-state index is 13.6. The molecule has 0 amide bonds. The van der Waals surface area contributed by atoms with Crippen molar-refractivity contribution < 1.29 is 14.1 Å². The molecule has 0 radical (unpaired) electrons. The first-order valence-corrected chi connectivity index (χ1v) is 12.8. The van der Waals surface area contributed by atoms with Crippen molar-refractivity contribution in [1.29, 1.82) is 0 Å². The van der Waals surface area contributed by atoms with E-state index < -0.39 is 17.1 Å². The first kappa shape index (κ1) is 23.4. The normalized spacial score (nSPS) is 13.1. The van der Waals surface area contributed by atoms with Crippen LogP contribution in [0.2, 0.25) is 5.02 Å². The Morgan fingerprint density at radius 2 is 1.46 bits per heavy atom. The molecule has 2 atom stereocenters. The van der Waals surface area contributed by atoms with Gasteiger partial charge in [-0.15, -0.1) is 0 Å². The van der Waals surface area contributed by atoms with Crippen molar-refractivity contribution in [2.45, 2.75) is 17.5 Å². The summed E-state index contributed by atoms with van der Waals surface area (Å²) < 4.78 is 22.7. The summed E-state index contributed by atoms with van der Waals surface area (Å²) in [5.41, 5.74) is 2.84. The number of hydrogen-bond donors (Lipinski definition) is 1. The summed E-state index contributed by atoms with van der Waals surface area (Å²) in [5.74, 6) is 0.705. The van der Waals surface area contributed by atoms with E-state index in [0.717, 1.165) is 27.5 Å². The number of fused-ring (bicyclic) bond motifs is 3. The van der Waals surface area contributed by atoms with Gasteiger partial charge in [0, 0.05) is 32.5 Å². The van der Waals surface area contributed by atoms with Crippen molar-refractivity contribution in [3.8, 4) is 5.75 Å². The molecule has 5 aromatic rings. The van der Waals surface area contributed by atoms with Gasteiger partial charge in [-0.2, -0.15) is 0 Å². The second-order valence-electron chi connectivity index (χ2n) is 8.26. The van der Waals surface area contributed by atoms with Gasteiger partial charge in [-0.3, -0.25) is 4.31 Å². The largest absolute Gasteiger partial charge is 0.497 e. The summed E-state index contributed by atoms with van der Waals surface area (Å²) >= 11 is 6.04. The van der Waals surface area contributed by atoms with E-state index in [0.29, 0.717) is 22.2 Å². The van der Waals surface area contributed by atoms with Gasteiger partial charge in [-0.05, 0) is 60.7 Å². The lowest BCUT2D eigenvalue weighted by molar-refractivity contribution is 0.166. The van der Waals surface area contributed by atoms with Crippen LogP contribution in [0.1, 0.15) is 0 Å². The van der Waals surface area contributed by atoms with Crippen molar-refractivity contribution in [1.82, 2.24) is 4.57 Å². The van der Waals surface area contributed by atoms with Crippen LogP contribution in [-0.4, -0.2) is 33.6 Å². The molecule has 2 unspecified atom stereocenters. The second kappa shape index (κ2) is 10.1. The standard InChI is InChI=1S/C28H25ClN2O3S/c1-34-23-14-12-21(13-15-23)31(35(33)24-16-10-20(29)11-17-24)19-22(32)18-30-27-8-4-2-6-25(27)26-7-3-5-9-28(26)30/h2-17,22,32H,18-19H2,1H3. The van der Waals surface area contributed by atoms with E-state index in [1.165, 1.54) is 0 Å². The molecule has 0 aliphatic rings. The molecule has 7 heteroatoms. The van der Waals surface area contributed by atoms with Gasteiger partial charge in [0.25, 0.3) is 0 Å². The minimum absolute atomic E-state index is 0.169. The smallest absolute Gasteiger partial charge is 0.153 e. The third kappa shape index (κ3) is 4.78. The number of methoxy groups -OCH3 is 1. The lowest BCUT2D eigenvalue weighted by Gasteiger charge is -2.27. The lowest BCUT2D eigenvalue weighted by Crippen LogP contribution is -2.36. The molecule has 0 saturated heterocycles. The molecule has 5 nitrogen and oxygen atoms in total. The summed E-state index contributed by atoms with van der Waals surface area (Å²) in [5, 5.41) is 14.1. The van der Waals surface area contributed by atoms with Crippen LogP contribution in [0.25, 0.3) is 21.8 Å². The Morgan fingerprint density at radius 3 is 2.03 bits per heavy atom. The minimum atomic E-state index is -1.55. The van der Waals surface area contributed by atoms with Crippen molar-refractivity contribution in [3.05, 3.63) is 102 Å². The first-order chi connectivity index (χ1) is 17.0. The van der Waals surface area contributed by atoms with Crippen LogP contribution in [-0.2, 0) is 17.5 Å². The number of benzene rings is 4. The first-order valence-electron chi connectivity index (χ1n) is 11.3. The van der Waals surface area contributed by atoms with Gasteiger partial charge in [0.05, 0.1) is 31.2 Å². The number of hydrogen-bond acceptors (Lipinski definition) is 3. The van der Waals surface area contributed by atoms with Gasteiger partial charge in [0.15, 0.2) is 11.0 Å². The average molecular weight is 505 g/mol. The highest BCUT2D eigenvalue weighted by molar-refractivity contribution is 7.86. The third-order valence-corrected chi connectivity index (χ3v) is 7.71. The molecule has 178 valence electrons. The van der Waals surface area contributed by atoms with Crippen molar-refractivity contribution in [3.63, 3.8) is 0 Å². The molecule has 0 spiro atoms. The number of aliphatic hydroxyl groups is 1. The number of halogens is 1. The highest BCUT2D eigenvalue weighted by Gasteiger charge is 2.22. The van der Waals surface area contributed by atoms with Gasteiger partial charge in [-0.1, -0.05) is 48.0 Å². The summed E-state index contributed by atoms with van der Waals surface area (Å²) in [6.07, 6.45) is -0.785. The SMILES string of the molecule is COc1ccc(N(CC(O)Cn2c3ccccc3c3ccccc32)S(=O)c2ccc(Cl)cc2)cc1. The Bertz CT molecular complexity index is 1430. The molecule has 0 fully saturated rings. The van der Waals surface area contributed by atoms with E-state index in [1.807, 2.05) is 48.5 Å². The zero-order chi connectivity index (χ0) is 24.4. The molecule has 0 aliphatic heterocycles. The summed E-state index contributed by atoms with van der Waals surface area (Å²) in [6.45, 7) is 0.529.